The minimum absolute atomic E-state index is 0. The molecule has 168 valence electrons. The molecule has 0 aromatic heterocycles. The van der Waals surface area contributed by atoms with Crippen LogP contribution in [-0.4, -0.2) is 52.6 Å². The van der Waals surface area contributed by atoms with E-state index in [0.29, 0.717) is 23.8 Å². The molecule has 1 saturated carbocycles. The van der Waals surface area contributed by atoms with E-state index in [-0.39, 0.29) is 47.7 Å². The third-order valence-corrected chi connectivity index (χ3v) is 6.69. The van der Waals surface area contributed by atoms with Gasteiger partial charge < -0.3 is 21.7 Å². The van der Waals surface area contributed by atoms with Crippen molar-refractivity contribution in [3.05, 3.63) is 35.4 Å². The number of aliphatic imine (C=N–C) groups is 1. The second-order valence-corrected chi connectivity index (χ2v) is 9.08. The maximum absolute atomic E-state index is 12.1. The van der Waals surface area contributed by atoms with Crippen LogP contribution in [0.4, 0.5) is 0 Å². The largest absolute Gasteiger partial charge is 0.368 e. The Bertz CT molecular complexity index is 757. The summed E-state index contributed by atoms with van der Waals surface area (Å²) < 4.78 is 12.1. The number of guanidine groups is 1. The van der Waals surface area contributed by atoms with Gasteiger partial charge in [-0.05, 0) is 37.0 Å². The molecule has 2 amide bonds. The quantitative estimate of drug-likeness (QED) is 0.221. The normalized spacial score (nSPS) is 19.9. The Hall–Kier alpha value is -1.69. The minimum atomic E-state index is -0.754. The lowest BCUT2D eigenvalue weighted by atomic mass is 9.95. The van der Waals surface area contributed by atoms with Gasteiger partial charge in [0, 0.05) is 47.0 Å². The number of rotatable bonds is 8. The summed E-state index contributed by atoms with van der Waals surface area (Å²) in [7, 11) is 0.975. The second kappa shape index (κ2) is 13.6. The molecule has 0 aliphatic heterocycles. The molecule has 0 heterocycles. The van der Waals surface area contributed by atoms with Crippen LogP contribution < -0.4 is 21.7 Å². The second-order valence-electron chi connectivity index (χ2n) is 7.07. The van der Waals surface area contributed by atoms with Crippen molar-refractivity contribution in [3.8, 4) is 0 Å². The third-order valence-electron chi connectivity index (χ3n) is 4.95. The van der Waals surface area contributed by atoms with Crippen molar-refractivity contribution in [3.63, 3.8) is 0 Å². The van der Waals surface area contributed by atoms with Gasteiger partial charge in [-0.15, -0.1) is 24.0 Å². The van der Waals surface area contributed by atoms with Gasteiger partial charge in [0.2, 0.25) is 5.91 Å². The number of primary amides is 1. The highest BCUT2D eigenvalue weighted by molar-refractivity contribution is 14.0. The number of amides is 2. The lowest BCUT2D eigenvalue weighted by Crippen LogP contribution is -2.46. The number of nitrogens with one attached hydrogen (secondary N) is 3. The smallest absolute Gasteiger partial charge is 0.251 e. The van der Waals surface area contributed by atoms with Crippen LogP contribution in [0.5, 0.6) is 0 Å². The zero-order valence-corrected chi connectivity index (χ0v) is 20.6. The Morgan fingerprint density at radius 1 is 1.20 bits per heavy atom. The van der Waals surface area contributed by atoms with Gasteiger partial charge in [-0.3, -0.25) is 18.8 Å². The minimum Gasteiger partial charge on any atom is -0.368 e. The molecule has 1 aromatic rings. The summed E-state index contributed by atoms with van der Waals surface area (Å²) in [5.74, 6) is 0.502. The maximum atomic E-state index is 12.1. The number of hydrogen-bond donors (Lipinski definition) is 4. The molecule has 30 heavy (non-hydrogen) atoms. The molecule has 0 bridgehead atoms. The van der Waals surface area contributed by atoms with Crippen molar-refractivity contribution in [1.82, 2.24) is 16.0 Å². The van der Waals surface area contributed by atoms with E-state index in [2.05, 4.69) is 20.9 Å². The summed E-state index contributed by atoms with van der Waals surface area (Å²) in [6.07, 6.45) is 4.05. The van der Waals surface area contributed by atoms with E-state index in [1.807, 2.05) is 19.1 Å². The molecule has 8 nitrogen and oxygen atoms in total. The molecule has 5 N–H and O–H groups in total. The van der Waals surface area contributed by atoms with Crippen LogP contribution in [0.15, 0.2) is 29.3 Å². The molecule has 1 fully saturated rings. The van der Waals surface area contributed by atoms with Gasteiger partial charge in [0.05, 0.1) is 6.54 Å². The number of benzene rings is 1. The Kier molecular flexibility index (Phi) is 11.9. The van der Waals surface area contributed by atoms with Crippen molar-refractivity contribution in [2.24, 2.45) is 10.7 Å². The Labute approximate surface area is 197 Å². The number of halogens is 1. The molecule has 2 rings (SSSR count). The van der Waals surface area contributed by atoms with E-state index >= 15 is 0 Å². The highest BCUT2D eigenvalue weighted by Crippen LogP contribution is 2.23. The SMILES string of the molecule is CCS(=O)C1CCCC(NC(=NC)NCc2ccc(C(=O)NCC(N)=O)cc2)C1.I. The van der Waals surface area contributed by atoms with Crippen molar-refractivity contribution in [2.75, 3.05) is 19.3 Å². The molecule has 10 heteroatoms. The molecule has 3 atom stereocenters. The van der Waals surface area contributed by atoms with Gasteiger partial charge in [-0.2, -0.15) is 0 Å². The third kappa shape index (κ3) is 8.58. The Balaban J connectivity index is 0.00000450. The zero-order valence-electron chi connectivity index (χ0n) is 17.5. The van der Waals surface area contributed by atoms with Gasteiger partial charge in [-0.1, -0.05) is 25.5 Å². The first-order valence-electron chi connectivity index (χ1n) is 9.92. The topological polar surface area (TPSA) is 126 Å². The maximum Gasteiger partial charge on any atom is 0.251 e. The number of nitrogens with zero attached hydrogens (tertiary/aromatic N) is 1. The van der Waals surface area contributed by atoms with Gasteiger partial charge in [-0.25, -0.2) is 0 Å². The number of hydrogen-bond acceptors (Lipinski definition) is 4. The van der Waals surface area contributed by atoms with E-state index in [0.717, 1.165) is 31.2 Å². The zero-order chi connectivity index (χ0) is 21.2. The molecule has 0 saturated heterocycles. The van der Waals surface area contributed by atoms with E-state index in [1.54, 1.807) is 19.2 Å². The van der Waals surface area contributed by atoms with Crippen molar-refractivity contribution >= 4 is 52.6 Å². The Morgan fingerprint density at radius 3 is 2.50 bits per heavy atom. The number of carbonyl (C=O) groups is 2. The average molecular weight is 549 g/mol. The van der Waals surface area contributed by atoms with Crippen LogP contribution in [0, 0.1) is 0 Å². The summed E-state index contributed by atoms with van der Waals surface area (Å²) in [5.41, 5.74) is 6.49. The predicted octanol–water partition coefficient (Wildman–Crippen LogP) is 1.26. The van der Waals surface area contributed by atoms with Crippen molar-refractivity contribution in [2.45, 2.75) is 50.4 Å². The van der Waals surface area contributed by atoms with Crippen LogP contribution in [-0.2, 0) is 22.1 Å². The fourth-order valence-electron chi connectivity index (χ4n) is 3.37. The summed E-state index contributed by atoms with van der Waals surface area (Å²) in [6, 6.07) is 7.37. The lowest BCUT2D eigenvalue weighted by Gasteiger charge is -2.30. The van der Waals surface area contributed by atoms with E-state index in [4.69, 9.17) is 5.73 Å². The molecule has 1 aliphatic carbocycles. The summed E-state index contributed by atoms with van der Waals surface area (Å²) >= 11 is 0. The van der Waals surface area contributed by atoms with Gasteiger partial charge in [0.15, 0.2) is 5.96 Å². The van der Waals surface area contributed by atoms with Crippen molar-refractivity contribution < 1.29 is 13.8 Å². The summed E-state index contributed by atoms with van der Waals surface area (Å²) in [4.78, 5) is 26.9. The standard InChI is InChI=1S/C20H31N5O3S.HI/c1-3-29(28)17-6-4-5-16(11-17)25-20(22-2)24-12-14-7-9-15(10-8-14)19(27)23-13-18(21)26;/h7-10,16-17H,3-6,11-13H2,1-2H3,(H2,21,26)(H,23,27)(H2,22,24,25);1H. The van der Waals surface area contributed by atoms with E-state index < -0.39 is 16.7 Å². The monoisotopic (exact) mass is 549 g/mol. The fourth-order valence-corrected chi connectivity index (χ4v) is 4.72. The first-order valence-corrected chi connectivity index (χ1v) is 11.3. The molecule has 3 unspecified atom stereocenters. The highest BCUT2D eigenvalue weighted by atomic mass is 127. The molecule has 1 aliphatic rings. The van der Waals surface area contributed by atoms with E-state index in [9.17, 15) is 13.8 Å². The van der Waals surface area contributed by atoms with Crippen LogP contribution in [0.25, 0.3) is 0 Å². The number of carbonyl (C=O) groups excluding carboxylic acids is 2. The van der Waals surface area contributed by atoms with Crippen LogP contribution in [0.3, 0.4) is 0 Å². The summed E-state index contributed by atoms with van der Waals surface area (Å²) in [5, 5.41) is 9.44. The molecule has 0 radical (unpaired) electrons. The average Bonchev–Trinajstić information content (AvgIpc) is 2.74. The molecule has 1 aromatic carbocycles. The van der Waals surface area contributed by atoms with Gasteiger partial charge in [0.25, 0.3) is 5.91 Å². The van der Waals surface area contributed by atoms with Gasteiger partial charge >= 0.3 is 0 Å². The van der Waals surface area contributed by atoms with Crippen LogP contribution in [0.1, 0.15) is 48.5 Å². The van der Waals surface area contributed by atoms with Gasteiger partial charge in [0.1, 0.15) is 0 Å². The fraction of sp³-hybridized carbons (Fsp3) is 0.550. The molecule has 0 spiro atoms. The van der Waals surface area contributed by atoms with E-state index in [1.165, 1.54) is 0 Å². The first kappa shape index (κ1) is 26.3. The summed E-state index contributed by atoms with van der Waals surface area (Å²) in [6.45, 7) is 2.35. The highest BCUT2D eigenvalue weighted by Gasteiger charge is 2.26. The Morgan fingerprint density at radius 2 is 1.90 bits per heavy atom. The first-order chi connectivity index (χ1) is 13.9. The number of nitrogens with two attached hydrogens (primary N) is 1. The lowest BCUT2D eigenvalue weighted by molar-refractivity contribution is -0.117. The molecular weight excluding hydrogens is 517 g/mol. The van der Waals surface area contributed by atoms with Crippen LogP contribution in [0.2, 0.25) is 0 Å². The molecular formula is C20H32IN5O3S. The predicted molar refractivity (Wildman–Crippen MR) is 131 cm³/mol. The van der Waals surface area contributed by atoms with Crippen molar-refractivity contribution in [1.29, 1.82) is 0 Å². The van der Waals surface area contributed by atoms with Crippen LogP contribution >= 0.6 is 24.0 Å².